The number of benzene rings is 2. The summed E-state index contributed by atoms with van der Waals surface area (Å²) in [5, 5.41) is 13.9. The molecule has 1 aromatic heterocycles. The lowest BCUT2D eigenvalue weighted by atomic mass is 10.2. The van der Waals surface area contributed by atoms with Crippen molar-refractivity contribution in [3.8, 4) is 10.6 Å². The number of ether oxygens (including phenoxy) is 1. The van der Waals surface area contributed by atoms with E-state index in [9.17, 15) is 18.0 Å². The van der Waals surface area contributed by atoms with Crippen molar-refractivity contribution in [2.45, 2.75) is 19.1 Å². The number of nitrogens with one attached hydrogen (secondary N) is 2. The lowest BCUT2D eigenvalue weighted by Crippen LogP contribution is -2.45. The predicted octanol–water partition coefficient (Wildman–Crippen LogP) is 2.87. The predicted molar refractivity (Wildman–Crippen MR) is 122 cm³/mol. The van der Waals surface area contributed by atoms with Crippen LogP contribution in [0.5, 0.6) is 0 Å². The molecule has 168 valence electrons. The highest BCUT2D eigenvalue weighted by atomic mass is 32.2. The molecule has 1 unspecified atom stereocenters. The molecule has 32 heavy (non-hydrogen) atoms. The minimum absolute atomic E-state index is 0.0178. The monoisotopic (exact) mass is 474 g/mol. The summed E-state index contributed by atoms with van der Waals surface area (Å²) in [7, 11) is -3.35. The van der Waals surface area contributed by atoms with Gasteiger partial charge in [0, 0.05) is 11.8 Å². The van der Waals surface area contributed by atoms with Crippen molar-refractivity contribution in [1.82, 2.24) is 15.5 Å². The Morgan fingerprint density at radius 2 is 1.69 bits per heavy atom. The van der Waals surface area contributed by atoms with Gasteiger partial charge in [0.25, 0.3) is 0 Å². The lowest BCUT2D eigenvalue weighted by molar-refractivity contribution is -0.118. The minimum atomic E-state index is -3.35. The molecule has 0 saturated heterocycles. The largest absolute Gasteiger partial charge is 0.445 e. The SMILES string of the molecule is CS(=O)(=O)CCC(NC(=O)OCc1ccccc1)C(=O)Nc1nnc(-c2ccccc2)s1. The highest BCUT2D eigenvalue weighted by Gasteiger charge is 2.24. The molecule has 2 amide bonds. The Kier molecular flexibility index (Phi) is 7.90. The maximum absolute atomic E-state index is 12.7. The molecular formula is C21H22N4O5S2. The lowest BCUT2D eigenvalue weighted by Gasteiger charge is -2.17. The van der Waals surface area contributed by atoms with Crippen molar-refractivity contribution >= 4 is 38.3 Å². The van der Waals surface area contributed by atoms with Gasteiger partial charge in [-0.15, -0.1) is 10.2 Å². The highest BCUT2D eigenvalue weighted by Crippen LogP contribution is 2.26. The van der Waals surface area contributed by atoms with Gasteiger partial charge >= 0.3 is 6.09 Å². The van der Waals surface area contributed by atoms with Crippen molar-refractivity contribution in [1.29, 1.82) is 0 Å². The van der Waals surface area contributed by atoms with Crippen LogP contribution in [0, 0.1) is 0 Å². The van der Waals surface area contributed by atoms with Crippen molar-refractivity contribution < 1.29 is 22.7 Å². The molecule has 0 saturated carbocycles. The van der Waals surface area contributed by atoms with Gasteiger partial charge in [0.15, 0.2) is 0 Å². The van der Waals surface area contributed by atoms with Crippen molar-refractivity contribution in [2.24, 2.45) is 0 Å². The number of rotatable bonds is 9. The first-order chi connectivity index (χ1) is 15.3. The Bertz CT molecular complexity index is 1150. The topological polar surface area (TPSA) is 127 Å². The molecule has 1 atom stereocenters. The van der Waals surface area contributed by atoms with Crippen LogP contribution in [-0.2, 0) is 26.0 Å². The molecule has 0 spiro atoms. The van der Waals surface area contributed by atoms with Crippen LogP contribution in [0.2, 0.25) is 0 Å². The number of hydrogen-bond acceptors (Lipinski definition) is 8. The molecule has 2 aromatic carbocycles. The number of sulfone groups is 1. The van der Waals surface area contributed by atoms with E-state index in [0.717, 1.165) is 17.4 Å². The normalized spacial score (nSPS) is 12.0. The summed E-state index contributed by atoms with van der Waals surface area (Å²) in [6.45, 7) is 0.0178. The molecule has 0 aliphatic rings. The van der Waals surface area contributed by atoms with Crippen molar-refractivity contribution in [3.63, 3.8) is 0 Å². The molecule has 0 aliphatic carbocycles. The first-order valence-electron chi connectivity index (χ1n) is 9.65. The van der Waals surface area contributed by atoms with E-state index in [0.29, 0.717) is 5.01 Å². The third-order valence-corrected chi connectivity index (χ3v) is 6.14. The molecule has 1 heterocycles. The zero-order valence-electron chi connectivity index (χ0n) is 17.2. The van der Waals surface area contributed by atoms with Gasteiger partial charge in [-0.1, -0.05) is 72.0 Å². The third kappa shape index (κ3) is 7.43. The molecule has 0 fully saturated rings. The van der Waals surface area contributed by atoms with Crippen LogP contribution in [0.4, 0.5) is 9.93 Å². The van der Waals surface area contributed by atoms with Gasteiger partial charge in [-0.3, -0.25) is 10.1 Å². The van der Waals surface area contributed by atoms with Gasteiger partial charge in [0.2, 0.25) is 11.0 Å². The van der Waals surface area contributed by atoms with Crippen molar-refractivity contribution in [3.05, 3.63) is 66.2 Å². The second kappa shape index (κ2) is 10.8. The summed E-state index contributed by atoms with van der Waals surface area (Å²) in [5.74, 6) is -0.892. The fraction of sp³-hybridized carbons (Fsp3) is 0.238. The van der Waals surface area contributed by atoms with E-state index in [-0.39, 0.29) is 23.9 Å². The number of carbonyl (C=O) groups is 2. The summed E-state index contributed by atoms with van der Waals surface area (Å²) in [6.07, 6.45) is 0.118. The van der Waals surface area contributed by atoms with E-state index in [2.05, 4.69) is 20.8 Å². The first kappa shape index (κ1) is 23.4. The maximum atomic E-state index is 12.7. The van der Waals surface area contributed by atoms with Crippen LogP contribution in [0.15, 0.2) is 60.7 Å². The van der Waals surface area contributed by atoms with Gasteiger partial charge in [-0.25, -0.2) is 13.2 Å². The quantitative estimate of drug-likeness (QED) is 0.488. The zero-order valence-corrected chi connectivity index (χ0v) is 18.9. The maximum Gasteiger partial charge on any atom is 0.408 e. The summed E-state index contributed by atoms with van der Waals surface area (Å²) in [4.78, 5) is 25.0. The fourth-order valence-electron chi connectivity index (χ4n) is 2.67. The van der Waals surface area contributed by atoms with Crippen molar-refractivity contribution in [2.75, 3.05) is 17.3 Å². The summed E-state index contributed by atoms with van der Waals surface area (Å²) >= 11 is 1.17. The second-order valence-corrected chi connectivity index (χ2v) is 10.2. The molecule has 0 radical (unpaired) electrons. The Balaban J connectivity index is 1.64. The average Bonchev–Trinajstić information content (AvgIpc) is 3.24. The van der Waals surface area contributed by atoms with E-state index in [1.807, 2.05) is 48.5 Å². The molecule has 11 heteroatoms. The average molecular weight is 475 g/mol. The van der Waals surface area contributed by atoms with Gasteiger partial charge in [0.05, 0.1) is 5.75 Å². The number of aromatic nitrogens is 2. The summed E-state index contributed by atoms with van der Waals surface area (Å²) in [6, 6.07) is 17.3. The standard InChI is InChI=1S/C21H22N4O5S2/c1-32(28,29)13-12-17(22-21(27)30-14-15-8-4-2-5-9-15)18(26)23-20-25-24-19(31-20)16-10-6-3-7-11-16/h2-11,17H,12-14H2,1H3,(H,22,27)(H,23,25,26). The van der Waals surface area contributed by atoms with E-state index in [1.54, 1.807) is 12.1 Å². The summed E-state index contributed by atoms with van der Waals surface area (Å²) in [5.41, 5.74) is 1.63. The van der Waals surface area contributed by atoms with Crippen LogP contribution in [0.25, 0.3) is 10.6 Å². The Morgan fingerprint density at radius 3 is 2.34 bits per heavy atom. The van der Waals surface area contributed by atoms with Gasteiger partial charge in [-0.2, -0.15) is 0 Å². The zero-order chi connectivity index (χ0) is 23.0. The number of alkyl carbamates (subject to hydrolysis) is 1. The van der Waals surface area contributed by atoms with Gasteiger partial charge in [-0.05, 0) is 12.0 Å². The van der Waals surface area contributed by atoms with E-state index >= 15 is 0 Å². The number of amides is 2. The highest BCUT2D eigenvalue weighted by molar-refractivity contribution is 7.90. The Hall–Kier alpha value is -3.31. The van der Waals surface area contributed by atoms with Crippen LogP contribution in [0.3, 0.4) is 0 Å². The smallest absolute Gasteiger partial charge is 0.408 e. The molecule has 9 nitrogen and oxygen atoms in total. The molecule has 0 aliphatic heterocycles. The number of anilines is 1. The van der Waals surface area contributed by atoms with E-state index in [1.165, 1.54) is 11.3 Å². The molecule has 0 bridgehead atoms. The third-order valence-electron chi connectivity index (χ3n) is 4.27. The van der Waals surface area contributed by atoms with E-state index < -0.39 is 27.9 Å². The van der Waals surface area contributed by atoms with Crippen LogP contribution < -0.4 is 10.6 Å². The van der Waals surface area contributed by atoms with Gasteiger partial charge < -0.3 is 10.1 Å². The second-order valence-electron chi connectivity index (χ2n) is 6.94. The van der Waals surface area contributed by atoms with E-state index in [4.69, 9.17) is 4.74 Å². The minimum Gasteiger partial charge on any atom is -0.445 e. The molecule has 3 rings (SSSR count). The molecule has 2 N–H and O–H groups in total. The fourth-order valence-corrected chi connectivity index (χ4v) is 4.09. The first-order valence-corrected chi connectivity index (χ1v) is 12.5. The van der Waals surface area contributed by atoms with Gasteiger partial charge in [0.1, 0.15) is 27.5 Å². The summed E-state index contributed by atoms with van der Waals surface area (Å²) < 4.78 is 28.3. The van der Waals surface area contributed by atoms with Crippen LogP contribution in [0.1, 0.15) is 12.0 Å². The van der Waals surface area contributed by atoms with Crippen LogP contribution >= 0.6 is 11.3 Å². The Morgan fingerprint density at radius 1 is 1.03 bits per heavy atom. The molecular weight excluding hydrogens is 452 g/mol. The number of hydrogen-bond donors (Lipinski definition) is 2. The van der Waals surface area contributed by atoms with Crippen LogP contribution in [-0.4, -0.2) is 48.7 Å². The Labute approximate surface area is 189 Å². The number of nitrogens with zero attached hydrogens (tertiary/aromatic N) is 2. The number of carbonyl (C=O) groups excluding carboxylic acids is 2. The molecule has 3 aromatic rings.